The Bertz CT molecular complexity index is 134. The van der Waals surface area contributed by atoms with Gasteiger partial charge in [0.1, 0.15) is 0 Å². The SMILES string of the molecule is C[C@H]1O[C@@]1(C)C(N)=O. The molecule has 1 heterocycles. The normalized spacial score (nSPS) is 44.0. The molecule has 0 unspecified atom stereocenters. The van der Waals surface area contributed by atoms with Gasteiger partial charge in [-0.1, -0.05) is 0 Å². The van der Waals surface area contributed by atoms with Crippen molar-refractivity contribution in [3.63, 3.8) is 0 Å². The molecule has 0 aromatic heterocycles. The first-order chi connectivity index (χ1) is 3.57. The number of hydrogen-bond donors (Lipinski definition) is 1. The van der Waals surface area contributed by atoms with E-state index in [1.165, 1.54) is 0 Å². The molecule has 0 bridgehead atoms. The summed E-state index contributed by atoms with van der Waals surface area (Å²) in [6.07, 6.45) is 0.0139. The van der Waals surface area contributed by atoms with Crippen LogP contribution < -0.4 is 5.73 Å². The van der Waals surface area contributed by atoms with Gasteiger partial charge in [0.05, 0.1) is 6.10 Å². The molecule has 1 amide bonds. The molecule has 1 aliphatic rings. The van der Waals surface area contributed by atoms with Crippen LogP contribution in [0, 0.1) is 0 Å². The van der Waals surface area contributed by atoms with Gasteiger partial charge in [-0.3, -0.25) is 4.79 Å². The minimum Gasteiger partial charge on any atom is -0.367 e. The minimum absolute atomic E-state index is 0.0139. The molecule has 8 heavy (non-hydrogen) atoms. The van der Waals surface area contributed by atoms with E-state index in [9.17, 15) is 4.79 Å². The number of carbonyl (C=O) groups is 1. The highest BCUT2D eigenvalue weighted by atomic mass is 16.6. The number of ether oxygens (including phenoxy) is 1. The van der Waals surface area contributed by atoms with Crippen LogP contribution in [0.2, 0.25) is 0 Å². The summed E-state index contributed by atoms with van der Waals surface area (Å²) >= 11 is 0. The first kappa shape index (κ1) is 5.56. The molecule has 1 saturated heterocycles. The lowest BCUT2D eigenvalue weighted by Crippen LogP contribution is -2.30. The topological polar surface area (TPSA) is 55.6 Å². The number of amides is 1. The Hall–Kier alpha value is -0.570. The van der Waals surface area contributed by atoms with E-state index in [1.54, 1.807) is 6.92 Å². The van der Waals surface area contributed by atoms with Crippen LogP contribution in [-0.4, -0.2) is 17.6 Å². The van der Waals surface area contributed by atoms with E-state index < -0.39 is 5.60 Å². The quantitative estimate of drug-likeness (QED) is 0.475. The summed E-state index contributed by atoms with van der Waals surface area (Å²) in [7, 11) is 0. The summed E-state index contributed by atoms with van der Waals surface area (Å²) in [6, 6.07) is 0. The molecule has 0 aromatic rings. The average molecular weight is 115 g/mol. The fraction of sp³-hybridized carbons (Fsp3) is 0.800. The molecular weight excluding hydrogens is 106 g/mol. The Balaban J connectivity index is 2.60. The lowest BCUT2D eigenvalue weighted by Gasteiger charge is -1.94. The van der Waals surface area contributed by atoms with Crippen molar-refractivity contribution in [2.24, 2.45) is 5.73 Å². The van der Waals surface area contributed by atoms with Crippen LogP contribution in [0.3, 0.4) is 0 Å². The molecule has 46 valence electrons. The van der Waals surface area contributed by atoms with E-state index in [-0.39, 0.29) is 12.0 Å². The first-order valence-electron chi connectivity index (χ1n) is 2.55. The third-order valence-electron chi connectivity index (χ3n) is 1.63. The lowest BCUT2D eigenvalue weighted by molar-refractivity contribution is -0.122. The van der Waals surface area contributed by atoms with Gasteiger partial charge < -0.3 is 10.5 Å². The van der Waals surface area contributed by atoms with Crippen LogP contribution in [-0.2, 0) is 9.53 Å². The second kappa shape index (κ2) is 1.23. The second-order valence-electron chi connectivity index (χ2n) is 2.23. The van der Waals surface area contributed by atoms with Crippen molar-refractivity contribution < 1.29 is 9.53 Å². The van der Waals surface area contributed by atoms with E-state index in [4.69, 9.17) is 10.5 Å². The van der Waals surface area contributed by atoms with Gasteiger partial charge >= 0.3 is 0 Å². The molecule has 3 nitrogen and oxygen atoms in total. The van der Waals surface area contributed by atoms with Gasteiger partial charge in [0.15, 0.2) is 5.60 Å². The molecule has 0 aliphatic carbocycles. The summed E-state index contributed by atoms with van der Waals surface area (Å²) in [4.78, 5) is 10.4. The summed E-state index contributed by atoms with van der Waals surface area (Å²) < 4.78 is 4.89. The van der Waals surface area contributed by atoms with E-state index >= 15 is 0 Å². The van der Waals surface area contributed by atoms with Gasteiger partial charge in [-0.25, -0.2) is 0 Å². The Morgan fingerprint density at radius 1 is 1.88 bits per heavy atom. The summed E-state index contributed by atoms with van der Waals surface area (Å²) in [5, 5.41) is 0. The van der Waals surface area contributed by atoms with Crippen LogP contribution in [0.5, 0.6) is 0 Å². The van der Waals surface area contributed by atoms with Crippen molar-refractivity contribution in [1.29, 1.82) is 0 Å². The maximum absolute atomic E-state index is 10.4. The number of rotatable bonds is 1. The smallest absolute Gasteiger partial charge is 0.252 e. The van der Waals surface area contributed by atoms with E-state index in [1.807, 2.05) is 6.92 Å². The summed E-state index contributed by atoms with van der Waals surface area (Å²) in [5.74, 6) is -0.370. The van der Waals surface area contributed by atoms with Crippen LogP contribution in [0.1, 0.15) is 13.8 Å². The number of carbonyl (C=O) groups excluding carboxylic acids is 1. The van der Waals surface area contributed by atoms with Crippen LogP contribution in [0.4, 0.5) is 0 Å². The molecule has 1 aliphatic heterocycles. The van der Waals surface area contributed by atoms with E-state index in [0.29, 0.717) is 0 Å². The average Bonchev–Trinajstić information content (AvgIpc) is 2.17. The van der Waals surface area contributed by atoms with Gasteiger partial charge in [-0.2, -0.15) is 0 Å². The third-order valence-corrected chi connectivity index (χ3v) is 1.63. The maximum Gasteiger partial charge on any atom is 0.252 e. The number of primary amides is 1. The molecule has 1 rings (SSSR count). The molecule has 3 heteroatoms. The predicted molar refractivity (Wildman–Crippen MR) is 28.1 cm³/mol. The minimum atomic E-state index is -0.653. The van der Waals surface area contributed by atoms with Crippen molar-refractivity contribution in [2.45, 2.75) is 25.6 Å². The Kier molecular flexibility index (Phi) is 0.854. The van der Waals surface area contributed by atoms with Crippen molar-refractivity contribution in [2.75, 3.05) is 0 Å². The third kappa shape index (κ3) is 0.512. The number of hydrogen-bond acceptors (Lipinski definition) is 2. The zero-order valence-electron chi connectivity index (χ0n) is 4.97. The highest BCUT2D eigenvalue weighted by Crippen LogP contribution is 2.34. The Morgan fingerprint density at radius 2 is 2.25 bits per heavy atom. The summed E-state index contributed by atoms with van der Waals surface area (Å²) in [5.41, 5.74) is 4.31. The van der Waals surface area contributed by atoms with Crippen LogP contribution in [0.25, 0.3) is 0 Å². The highest BCUT2D eigenvalue weighted by Gasteiger charge is 2.54. The maximum atomic E-state index is 10.4. The van der Waals surface area contributed by atoms with Gasteiger partial charge in [-0.05, 0) is 13.8 Å². The zero-order valence-corrected chi connectivity index (χ0v) is 4.97. The van der Waals surface area contributed by atoms with Gasteiger partial charge in [0, 0.05) is 0 Å². The molecule has 0 saturated carbocycles. The molecule has 0 radical (unpaired) electrons. The van der Waals surface area contributed by atoms with Crippen LogP contribution in [0.15, 0.2) is 0 Å². The fourth-order valence-electron chi connectivity index (χ4n) is 0.592. The molecule has 2 N–H and O–H groups in total. The van der Waals surface area contributed by atoms with Crippen molar-refractivity contribution >= 4 is 5.91 Å². The fourth-order valence-corrected chi connectivity index (χ4v) is 0.592. The van der Waals surface area contributed by atoms with Crippen LogP contribution >= 0.6 is 0 Å². The first-order valence-corrected chi connectivity index (χ1v) is 2.55. The Morgan fingerprint density at radius 3 is 2.25 bits per heavy atom. The largest absolute Gasteiger partial charge is 0.367 e. The highest BCUT2D eigenvalue weighted by molar-refractivity contribution is 5.86. The molecule has 0 aromatic carbocycles. The van der Waals surface area contributed by atoms with Gasteiger partial charge in [-0.15, -0.1) is 0 Å². The number of epoxide rings is 1. The molecular formula is C5H9NO2. The molecule has 2 atom stereocenters. The predicted octanol–water partition coefficient (Wildman–Crippen LogP) is -0.351. The van der Waals surface area contributed by atoms with E-state index in [0.717, 1.165) is 0 Å². The molecule has 1 fully saturated rings. The van der Waals surface area contributed by atoms with Gasteiger partial charge in [0.25, 0.3) is 5.91 Å². The number of nitrogens with two attached hydrogens (primary N) is 1. The molecule has 0 spiro atoms. The monoisotopic (exact) mass is 115 g/mol. The summed E-state index contributed by atoms with van der Waals surface area (Å²) in [6.45, 7) is 3.52. The second-order valence-corrected chi connectivity index (χ2v) is 2.23. The van der Waals surface area contributed by atoms with Crippen molar-refractivity contribution in [3.8, 4) is 0 Å². The zero-order chi connectivity index (χ0) is 6.36. The van der Waals surface area contributed by atoms with E-state index in [2.05, 4.69) is 0 Å². The van der Waals surface area contributed by atoms with Crippen molar-refractivity contribution in [3.05, 3.63) is 0 Å². The standard InChI is InChI=1S/C5H9NO2/c1-3-5(2,8-3)4(6)7/h3H,1-2H3,(H2,6,7)/t3-,5-/m1/s1. The van der Waals surface area contributed by atoms with Crippen molar-refractivity contribution in [1.82, 2.24) is 0 Å². The van der Waals surface area contributed by atoms with Gasteiger partial charge in [0.2, 0.25) is 0 Å². The Labute approximate surface area is 47.8 Å². The lowest BCUT2D eigenvalue weighted by atomic mass is 10.1.